The standard InChI is InChI=1S/C18H16ClNO3/c1-22-15-7-16-18(17(8-15)23-2)13(11-21)10-20(16)9-12-3-5-14(19)6-4-12/h3-8,10-11H,9H2,1-2H3. The van der Waals surface area contributed by atoms with E-state index in [2.05, 4.69) is 0 Å². The summed E-state index contributed by atoms with van der Waals surface area (Å²) in [6, 6.07) is 11.3. The van der Waals surface area contributed by atoms with Crippen molar-refractivity contribution in [3.8, 4) is 11.5 Å². The van der Waals surface area contributed by atoms with Gasteiger partial charge in [-0.25, -0.2) is 0 Å². The number of halogens is 1. The maximum absolute atomic E-state index is 11.4. The first kappa shape index (κ1) is 15.4. The number of rotatable bonds is 5. The van der Waals surface area contributed by atoms with E-state index in [-0.39, 0.29) is 0 Å². The molecule has 23 heavy (non-hydrogen) atoms. The molecule has 0 aliphatic heterocycles. The second-order valence-corrected chi connectivity index (χ2v) is 5.62. The summed E-state index contributed by atoms with van der Waals surface area (Å²) in [6.07, 6.45) is 2.67. The van der Waals surface area contributed by atoms with Gasteiger partial charge in [-0.2, -0.15) is 0 Å². The Labute approximate surface area is 139 Å². The number of hydrogen-bond donors (Lipinski definition) is 0. The third-order valence-electron chi connectivity index (χ3n) is 3.80. The minimum absolute atomic E-state index is 0.591. The van der Waals surface area contributed by atoms with Crippen LogP contribution >= 0.6 is 11.6 Å². The highest BCUT2D eigenvalue weighted by Gasteiger charge is 2.15. The fraction of sp³-hybridized carbons (Fsp3) is 0.167. The van der Waals surface area contributed by atoms with Gasteiger partial charge in [0.2, 0.25) is 0 Å². The number of ether oxygens (including phenoxy) is 2. The Morgan fingerprint density at radius 3 is 2.48 bits per heavy atom. The first-order valence-corrected chi connectivity index (χ1v) is 7.48. The number of aldehydes is 1. The summed E-state index contributed by atoms with van der Waals surface area (Å²) < 4.78 is 12.8. The van der Waals surface area contributed by atoms with Crippen molar-refractivity contribution in [1.82, 2.24) is 4.57 Å². The van der Waals surface area contributed by atoms with E-state index in [1.807, 2.05) is 41.1 Å². The van der Waals surface area contributed by atoms with Crippen LogP contribution in [0.3, 0.4) is 0 Å². The van der Waals surface area contributed by atoms with Crippen LogP contribution < -0.4 is 9.47 Å². The second-order valence-electron chi connectivity index (χ2n) is 5.18. The van der Waals surface area contributed by atoms with Gasteiger partial charge in [0.05, 0.1) is 25.1 Å². The van der Waals surface area contributed by atoms with Gasteiger partial charge in [-0.15, -0.1) is 0 Å². The molecule has 0 aliphatic rings. The summed E-state index contributed by atoms with van der Waals surface area (Å²) in [5, 5.41) is 1.49. The Morgan fingerprint density at radius 2 is 1.87 bits per heavy atom. The van der Waals surface area contributed by atoms with E-state index in [0.29, 0.717) is 28.6 Å². The third-order valence-corrected chi connectivity index (χ3v) is 4.05. The average molecular weight is 330 g/mol. The molecule has 0 saturated heterocycles. The minimum Gasteiger partial charge on any atom is -0.497 e. The number of aromatic nitrogens is 1. The smallest absolute Gasteiger partial charge is 0.152 e. The Kier molecular flexibility index (Phi) is 4.26. The zero-order valence-electron chi connectivity index (χ0n) is 12.9. The van der Waals surface area contributed by atoms with Gasteiger partial charge < -0.3 is 14.0 Å². The average Bonchev–Trinajstić information content (AvgIpc) is 2.93. The quantitative estimate of drug-likeness (QED) is 0.659. The van der Waals surface area contributed by atoms with Crippen molar-refractivity contribution in [2.75, 3.05) is 14.2 Å². The molecule has 1 aromatic heterocycles. The highest BCUT2D eigenvalue weighted by Crippen LogP contribution is 2.34. The molecule has 0 atom stereocenters. The molecule has 0 N–H and O–H groups in total. The van der Waals surface area contributed by atoms with Crippen molar-refractivity contribution in [3.05, 3.63) is 58.7 Å². The topological polar surface area (TPSA) is 40.5 Å². The molecular weight excluding hydrogens is 314 g/mol. The lowest BCUT2D eigenvalue weighted by molar-refractivity contribution is 0.112. The normalized spacial score (nSPS) is 10.7. The Bertz CT molecular complexity index is 853. The van der Waals surface area contributed by atoms with E-state index in [0.717, 1.165) is 22.8 Å². The number of benzene rings is 2. The van der Waals surface area contributed by atoms with E-state index in [4.69, 9.17) is 21.1 Å². The second kappa shape index (κ2) is 6.34. The Balaban J connectivity index is 2.16. The van der Waals surface area contributed by atoms with Crippen molar-refractivity contribution in [3.63, 3.8) is 0 Å². The predicted octanol–water partition coefficient (Wildman–Crippen LogP) is 4.17. The van der Waals surface area contributed by atoms with E-state index >= 15 is 0 Å². The monoisotopic (exact) mass is 329 g/mol. The largest absolute Gasteiger partial charge is 0.497 e. The first-order chi connectivity index (χ1) is 11.2. The van der Waals surface area contributed by atoms with Crippen LogP contribution in [-0.2, 0) is 6.54 Å². The summed E-state index contributed by atoms with van der Waals surface area (Å²) in [6.45, 7) is 0.623. The molecule has 1 heterocycles. The highest BCUT2D eigenvalue weighted by atomic mass is 35.5. The molecule has 4 nitrogen and oxygen atoms in total. The number of carbonyl (C=O) groups is 1. The van der Waals surface area contributed by atoms with Gasteiger partial charge in [-0.1, -0.05) is 23.7 Å². The fourth-order valence-electron chi connectivity index (χ4n) is 2.68. The highest BCUT2D eigenvalue weighted by molar-refractivity contribution is 6.30. The van der Waals surface area contributed by atoms with Crippen LogP contribution in [0.15, 0.2) is 42.6 Å². The molecule has 0 saturated carbocycles. The number of methoxy groups -OCH3 is 2. The number of hydrogen-bond acceptors (Lipinski definition) is 3. The fourth-order valence-corrected chi connectivity index (χ4v) is 2.81. The van der Waals surface area contributed by atoms with Crippen LogP contribution in [0, 0.1) is 0 Å². The lowest BCUT2D eigenvalue weighted by atomic mass is 10.1. The zero-order valence-corrected chi connectivity index (χ0v) is 13.6. The molecule has 0 bridgehead atoms. The number of carbonyl (C=O) groups excluding carboxylic acids is 1. The molecule has 0 unspecified atom stereocenters. The molecule has 3 aromatic rings. The predicted molar refractivity (Wildman–Crippen MR) is 91.0 cm³/mol. The molecular formula is C18H16ClNO3. The van der Waals surface area contributed by atoms with Gasteiger partial charge in [-0.05, 0) is 17.7 Å². The van der Waals surface area contributed by atoms with Crippen LogP contribution in [0.4, 0.5) is 0 Å². The van der Waals surface area contributed by atoms with Gasteiger partial charge in [0.25, 0.3) is 0 Å². The van der Waals surface area contributed by atoms with Gasteiger partial charge in [-0.3, -0.25) is 4.79 Å². The Hall–Kier alpha value is -2.46. The maximum atomic E-state index is 11.4. The molecule has 0 amide bonds. The SMILES string of the molecule is COc1cc(OC)c2c(C=O)cn(Cc3ccc(Cl)cc3)c2c1. The summed E-state index contributed by atoms with van der Waals surface area (Å²) in [4.78, 5) is 11.4. The van der Waals surface area contributed by atoms with E-state index in [1.54, 1.807) is 20.3 Å². The van der Waals surface area contributed by atoms with Crippen LogP contribution in [0.1, 0.15) is 15.9 Å². The van der Waals surface area contributed by atoms with Crippen molar-refractivity contribution < 1.29 is 14.3 Å². The van der Waals surface area contributed by atoms with Crippen LogP contribution in [-0.4, -0.2) is 25.1 Å². The Morgan fingerprint density at radius 1 is 1.13 bits per heavy atom. The van der Waals surface area contributed by atoms with E-state index in [9.17, 15) is 4.79 Å². The van der Waals surface area contributed by atoms with Gasteiger partial charge >= 0.3 is 0 Å². The van der Waals surface area contributed by atoms with Crippen molar-refractivity contribution in [1.29, 1.82) is 0 Å². The van der Waals surface area contributed by atoms with Crippen LogP contribution in [0.2, 0.25) is 5.02 Å². The first-order valence-electron chi connectivity index (χ1n) is 7.10. The summed E-state index contributed by atoms with van der Waals surface area (Å²) >= 11 is 5.93. The molecule has 0 fully saturated rings. The summed E-state index contributed by atoms with van der Waals surface area (Å²) in [5.41, 5.74) is 2.57. The van der Waals surface area contributed by atoms with Crippen LogP contribution in [0.25, 0.3) is 10.9 Å². The zero-order chi connectivity index (χ0) is 16.4. The van der Waals surface area contributed by atoms with E-state index in [1.165, 1.54) is 0 Å². The molecule has 2 aromatic carbocycles. The molecule has 3 rings (SSSR count). The maximum Gasteiger partial charge on any atom is 0.152 e. The van der Waals surface area contributed by atoms with Crippen molar-refractivity contribution >= 4 is 28.8 Å². The van der Waals surface area contributed by atoms with Crippen LogP contribution in [0.5, 0.6) is 11.5 Å². The van der Waals surface area contributed by atoms with Gasteiger partial charge in [0.15, 0.2) is 6.29 Å². The molecule has 118 valence electrons. The molecule has 5 heteroatoms. The lowest BCUT2D eigenvalue weighted by Crippen LogP contribution is -1.98. The molecule has 0 aliphatic carbocycles. The van der Waals surface area contributed by atoms with Gasteiger partial charge in [0.1, 0.15) is 11.5 Å². The summed E-state index contributed by atoms with van der Waals surface area (Å²) in [7, 11) is 3.19. The van der Waals surface area contributed by atoms with Gasteiger partial charge in [0, 0.05) is 35.5 Å². The summed E-state index contributed by atoms with van der Waals surface area (Å²) in [5.74, 6) is 1.30. The number of nitrogens with zero attached hydrogens (tertiary/aromatic N) is 1. The van der Waals surface area contributed by atoms with Crippen molar-refractivity contribution in [2.24, 2.45) is 0 Å². The third kappa shape index (κ3) is 2.90. The minimum atomic E-state index is 0.591. The van der Waals surface area contributed by atoms with E-state index < -0.39 is 0 Å². The number of fused-ring (bicyclic) bond motifs is 1. The molecule has 0 spiro atoms. The van der Waals surface area contributed by atoms with Crippen molar-refractivity contribution in [2.45, 2.75) is 6.54 Å². The lowest BCUT2D eigenvalue weighted by Gasteiger charge is -2.09. The molecule has 0 radical (unpaired) electrons.